The highest BCUT2D eigenvalue weighted by Crippen LogP contribution is 2.25. The van der Waals surface area contributed by atoms with Gasteiger partial charge in [-0.05, 0) is 19.3 Å². The molecule has 0 aliphatic rings. The Morgan fingerprint density at radius 2 is 1.72 bits per heavy atom. The van der Waals surface area contributed by atoms with Crippen molar-refractivity contribution in [3.8, 4) is 0 Å². The van der Waals surface area contributed by atoms with Crippen LogP contribution in [0.15, 0.2) is 13.9 Å². The quantitative estimate of drug-likeness (QED) is 0.360. The lowest BCUT2D eigenvalue weighted by Gasteiger charge is -1.87. The van der Waals surface area contributed by atoms with Crippen molar-refractivity contribution in [2.24, 2.45) is 0 Å². The van der Waals surface area contributed by atoms with Gasteiger partial charge >= 0.3 is 16.6 Å². The van der Waals surface area contributed by atoms with Crippen LogP contribution in [0.3, 0.4) is 0 Å². The van der Waals surface area contributed by atoms with Crippen molar-refractivity contribution in [1.29, 1.82) is 0 Å². The molecule has 0 aliphatic carbocycles. The molecule has 0 saturated carbocycles. The molecule has 0 fully saturated rings. The Balaban J connectivity index is 2.56. The van der Waals surface area contributed by atoms with E-state index in [1.165, 1.54) is 0 Å². The van der Waals surface area contributed by atoms with Crippen LogP contribution in [-0.2, 0) is 0 Å². The number of rotatable bonds is 0. The van der Waals surface area contributed by atoms with Gasteiger partial charge in [0.2, 0.25) is 0 Å². The fraction of sp³-hybridized carbons (Fsp3) is 0. The molecule has 12 heteroatoms. The molecular formula is C6HN6O6+. The Labute approximate surface area is 93.2 Å². The summed E-state index contributed by atoms with van der Waals surface area (Å²) in [6, 6.07) is 0. The number of benzene rings is 1. The van der Waals surface area contributed by atoms with Crippen molar-refractivity contribution in [2.75, 3.05) is 0 Å². The molecule has 0 unspecified atom stereocenters. The Bertz CT molecular complexity index is 973. The zero-order chi connectivity index (χ0) is 12.4. The summed E-state index contributed by atoms with van der Waals surface area (Å²) in [7, 11) is 0. The van der Waals surface area contributed by atoms with Gasteiger partial charge in [0.1, 0.15) is 0 Å². The van der Waals surface area contributed by atoms with E-state index in [1.54, 1.807) is 0 Å². The Morgan fingerprint density at radius 3 is 2.56 bits per heavy atom. The van der Waals surface area contributed by atoms with E-state index in [4.69, 9.17) is 0 Å². The predicted octanol–water partition coefficient (Wildman–Crippen LogP) is -1.78. The number of nitrogens with zero attached hydrogens (tertiary/aromatic N) is 5. The fourth-order valence-electron chi connectivity index (χ4n) is 1.85. The smallest absolute Gasteiger partial charge is 0.341 e. The summed E-state index contributed by atoms with van der Waals surface area (Å²) >= 11 is 0. The van der Waals surface area contributed by atoms with E-state index < -0.39 is 0 Å². The maximum Gasteiger partial charge on any atom is 0.341 e. The van der Waals surface area contributed by atoms with Crippen molar-refractivity contribution in [2.45, 2.75) is 0 Å². The van der Waals surface area contributed by atoms with E-state index >= 15 is 0 Å². The van der Waals surface area contributed by atoms with Crippen molar-refractivity contribution in [3.05, 3.63) is 15.3 Å². The van der Waals surface area contributed by atoms with Crippen LogP contribution in [0.5, 0.6) is 0 Å². The maximum absolute atomic E-state index is 11.5. The molecule has 0 amide bonds. The molecular weight excluding hydrogens is 252 g/mol. The van der Waals surface area contributed by atoms with Crippen LogP contribution in [0.4, 0.5) is 0 Å². The number of fused-ring (bicyclic) bond motifs is 6. The number of hydrogen-bond acceptors (Lipinski definition) is 8. The molecule has 90 valence electrons. The molecule has 0 saturated heterocycles. The minimum Gasteiger partial charge on any atom is -0.359 e. The number of aromatic amines is 1. The molecule has 4 aromatic rings. The van der Waals surface area contributed by atoms with Crippen LogP contribution in [0, 0.1) is 15.3 Å². The molecule has 3 heterocycles. The third-order valence-corrected chi connectivity index (χ3v) is 2.56. The first-order chi connectivity index (χ1) is 8.68. The van der Waals surface area contributed by atoms with Crippen LogP contribution >= 0.6 is 0 Å². The topological polar surface area (TPSA) is 158 Å². The first-order valence-electron chi connectivity index (χ1n) is 4.53. The van der Waals surface area contributed by atoms with Crippen LogP contribution in [-0.4, -0.2) is 15.5 Å². The molecule has 0 radical (unpaired) electrons. The van der Waals surface area contributed by atoms with Gasteiger partial charge in [-0.25, -0.2) is 0 Å². The summed E-state index contributed by atoms with van der Waals surface area (Å²) in [6.07, 6.45) is 0. The lowest BCUT2D eigenvalue weighted by Crippen LogP contribution is -2.29. The summed E-state index contributed by atoms with van der Waals surface area (Å²) in [5, 5.41) is 32.0. The molecule has 0 aliphatic heterocycles. The molecule has 4 rings (SSSR count). The number of aromatic nitrogens is 6. The van der Waals surface area contributed by atoms with E-state index in [1.807, 2.05) is 0 Å². The minimum absolute atomic E-state index is 0.0126. The van der Waals surface area contributed by atoms with Gasteiger partial charge in [0.05, 0.1) is 5.16 Å². The second-order valence-corrected chi connectivity index (χ2v) is 3.43. The highest BCUT2D eigenvalue weighted by Gasteiger charge is 2.36. The van der Waals surface area contributed by atoms with E-state index in [0.29, 0.717) is 0 Å². The highest BCUT2D eigenvalue weighted by molar-refractivity contribution is 6.14. The average Bonchev–Trinajstić information content (AvgIpc) is 2.99. The highest BCUT2D eigenvalue weighted by atomic mass is 16.8. The van der Waals surface area contributed by atoms with Gasteiger partial charge in [0.15, 0.2) is 9.76 Å². The third kappa shape index (κ3) is 0.783. The minimum atomic E-state index is -0.235. The summed E-state index contributed by atoms with van der Waals surface area (Å²) in [4.78, 5) is 11.5. The second kappa shape index (κ2) is 2.55. The summed E-state index contributed by atoms with van der Waals surface area (Å²) in [5.41, 5.74) is -0.719. The molecule has 0 atom stereocenters. The SMILES string of the molecule is O=[n+]1onc2c3no[n+]([O-])c3c3c([nH]o[n+]3[O-])c21. The molecule has 12 nitrogen and oxygen atoms in total. The normalized spacial score (nSPS) is 12.0. The van der Waals surface area contributed by atoms with E-state index in [-0.39, 0.29) is 47.5 Å². The standard InChI is InChI=1S/C6HN6O6/c13-10-4-1(7-16-10)2-5(11(14)17-8-2)6-3(4)9-18-12(6)15/h9H/q+1. The van der Waals surface area contributed by atoms with E-state index in [0.717, 1.165) is 0 Å². The van der Waals surface area contributed by atoms with Crippen molar-refractivity contribution in [1.82, 2.24) is 15.5 Å². The van der Waals surface area contributed by atoms with Gasteiger partial charge in [-0.15, -0.1) is 0 Å². The van der Waals surface area contributed by atoms with Crippen LogP contribution in [0.1, 0.15) is 0 Å². The molecule has 3 aromatic heterocycles. The molecule has 18 heavy (non-hydrogen) atoms. The number of hydrogen-bond donors (Lipinski definition) is 1. The van der Waals surface area contributed by atoms with Crippen molar-refractivity contribution < 1.29 is 28.3 Å². The first-order valence-corrected chi connectivity index (χ1v) is 4.53. The predicted molar refractivity (Wildman–Crippen MR) is 47.0 cm³/mol. The lowest BCUT2D eigenvalue weighted by molar-refractivity contribution is -0.797. The van der Waals surface area contributed by atoms with Gasteiger partial charge in [-0.1, -0.05) is 0 Å². The first kappa shape index (κ1) is 8.91. The van der Waals surface area contributed by atoms with E-state index in [2.05, 4.69) is 29.4 Å². The zero-order valence-electron chi connectivity index (χ0n) is 8.19. The van der Waals surface area contributed by atoms with Gasteiger partial charge in [0.25, 0.3) is 16.6 Å². The van der Waals surface area contributed by atoms with Gasteiger partial charge in [-0.2, -0.15) is 5.16 Å². The third-order valence-electron chi connectivity index (χ3n) is 2.56. The monoisotopic (exact) mass is 253 g/mol. The molecule has 0 bridgehead atoms. The number of nitrogens with one attached hydrogen (secondary N) is 1. The maximum atomic E-state index is 11.5. The molecule has 1 aromatic carbocycles. The second-order valence-electron chi connectivity index (χ2n) is 3.43. The summed E-state index contributed by atoms with van der Waals surface area (Å²) < 4.78 is 13.3. The van der Waals surface area contributed by atoms with Crippen LogP contribution in [0.2, 0.25) is 0 Å². The van der Waals surface area contributed by atoms with Crippen molar-refractivity contribution in [3.63, 3.8) is 0 Å². The Morgan fingerprint density at radius 1 is 1.00 bits per heavy atom. The van der Waals surface area contributed by atoms with Gasteiger partial charge < -0.3 is 15.0 Å². The van der Waals surface area contributed by atoms with Crippen LogP contribution in [0.25, 0.3) is 33.1 Å². The Kier molecular flexibility index (Phi) is 1.26. The average molecular weight is 253 g/mol. The largest absolute Gasteiger partial charge is 0.359 e. The summed E-state index contributed by atoms with van der Waals surface area (Å²) in [6.45, 7) is 0. The Hall–Kier alpha value is -3.18. The van der Waals surface area contributed by atoms with E-state index in [9.17, 15) is 15.3 Å². The fourth-order valence-corrected chi connectivity index (χ4v) is 1.85. The van der Waals surface area contributed by atoms with Gasteiger partial charge in [-0.3, -0.25) is 4.63 Å². The van der Waals surface area contributed by atoms with Gasteiger partial charge in [0, 0.05) is 0 Å². The molecule has 0 spiro atoms. The summed E-state index contributed by atoms with van der Waals surface area (Å²) in [5.74, 6) is 0. The zero-order valence-corrected chi connectivity index (χ0v) is 8.19. The number of H-pyrrole nitrogens is 1. The van der Waals surface area contributed by atoms with Crippen molar-refractivity contribution >= 4 is 33.1 Å². The molecule has 1 N–H and O–H groups in total. The van der Waals surface area contributed by atoms with Crippen LogP contribution < -0.4 is 14.4 Å². The lowest BCUT2D eigenvalue weighted by atomic mass is 10.2.